The molecule has 1 N–H and O–H groups in total. The third kappa shape index (κ3) is 9.81. The largest absolute Gasteiger partial charge is 0.494 e. The van der Waals surface area contributed by atoms with E-state index in [1.54, 1.807) is 17.3 Å². The van der Waals surface area contributed by atoms with Crippen LogP contribution in [0.4, 0.5) is 4.79 Å². The van der Waals surface area contributed by atoms with E-state index >= 15 is 0 Å². The van der Waals surface area contributed by atoms with E-state index in [1.165, 1.54) is 0 Å². The van der Waals surface area contributed by atoms with Crippen LogP contribution in [0.15, 0.2) is 48.8 Å². The molecule has 0 atom stereocenters. The first-order valence-corrected chi connectivity index (χ1v) is 11.1. The van der Waals surface area contributed by atoms with Crippen LogP contribution in [0.5, 0.6) is 5.75 Å². The SMILES string of the molecule is CCOc1ccc(CCC(=O)NCCCN(Cc2cccnc2)C(=O)OC(C)(C)C)cc1. The number of hydrogen-bond acceptors (Lipinski definition) is 5. The van der Waals surface area contributed by atoms with Gasteiger partial charge in [0.2, 0.25) is 5.91 Å². The number of nitrogens with zero attached hydrogens (tertiary/aromatic N) is 2. The standard InChI is InChI=1S/C25H35N3O4/c1-5-31-22-12-9-20(10-13-22)11-14-23(29)27-16-7-17-28(24(30)32-25(2,3)4)19-21-8-6-15-26-18-21/h6,8-10,12-13,15,18H,5,7,11,14,16-17,19H2,1-4H3,(H,27,29). The first-order chi connectivity index (χ1) is 15.3. The summed E-state index contributed by atoms with van der Waals surface area (Å²) in [4.78, 5) is 30.6. The van der Waals surface area contributed by atoms with Crippen LogP contribution in [0.2, 0.25) is 0 Å². The number of nitrogens with one attached hydrogen (secondary N) is 1. The molecular weight excluding hydrogens is 406 g/mol. The van der Waals surface area contributed by atoms with Crippen LogP contribution >= 0.6 is 0 Å². The monoisotopic (exact) mass is 441 g/mol. The van der Waals surface area contributed by atoms with Crippen molar-refractivity contribution < 1.29 is 19.1 Å². The zero-order valence-electron chi connectivity index (χ0n) is 19.6. The van der Waals surface area contributed by atoms with E-state index in [2.05, 4.69) is 10.3 Å². The molecule has 174 valence electrons. The van der Waals surface area contributed by atoms with Crippen molar-refractivity contribution >= 4 is 12.0 Å². The molecular formula is C25H35N3O4. The van der Waals surface area contributed by atoms with Gasteiger partial charge in [-0.25, -0.2) is 4.79 Å². The third-order valence-corrected chi connectivity index (χ3v) is 4.55. The summed E-state index contributed by atoms with van der Waals surface area (Å²) >= 11 is 0. The van der Waals surface area contributed by atoms with E-state index in [9.17, 15) is 9.59 Å². The van der Waals surface area contributed by atoms with Gasteiger partial charge in [0.25, 0.3) is 0 Å². The zero-order chi connectivity index (χ0) is 23.4. The maximum atomic E-state index is 12.6. The van der Waals surface area contributed by atoms with Gasteiger partial charge < -0.3 is 19.7 Å². The molecule has 0 spiro atoms. The summed E-state index contributed by atoms with van der Waals surface area (Å²) in [6, 6.07) is 11.6. The Morgan fingerprint density at radius 1 is 1.09 bits per heavy atom. The second-order valence-electron chi connectivity index (χ2n) is 8.54. The minimum absolute atomic E-state index is 0.00466. The van der Waals surface area contributed by atoms with Crippen molar-refractivity contribution in [1.29, 1.82) is 0 Å². The van der Waals surface area contributed by atoms with E-state index in [0.717, 1.165) is 16.9 Å². The molecule has 0 saturated heterocycles. The molecule has 7 nitrogen and oxygen atoms in total. The Kier molecular flexibility index (Phi) is 9.98. The van der Waals surface area contributed by atoms with Crippen molar-refractivity contribution in [2.45, 2.75) is 59.1 Å². The molecule has 0 aliphatic rings. The predicted octanol–water partition coefficient (Wildman–Crippen LogP) is 4.36. The van der Waals surface area contributed by atoms with Crippen LogP contribution in [-0.2, 0) is 22.5 Å². The maximum absolute atomic E-state index is 12.6. The van der Waals surface area contributed by atoms with Gasteiger partial charge in [0, 0.05) is 31.9 Å². The maximum Gasteiger partial charge on any atom is 0.410 e. The van der Waals surface area contributed by atoms with E-state index in [4.69, 9.17) is 9.47 Å². The number of benzene rings is 1. The summed E-state index contributed by atoms with van der Waals surface area (Å²) in [5, 5.41) is 2.94. The number of carbonyl (C=O) groups excluding carboxylic acids is 2. The highest BCUT2D eigenvalue weighted by Gasteiger charge is 2.22. The van der Waals surface area contributed by atoms with Gasteiger partial charge >= 0.3 is 6.09 Å². The lowest BCUT2D eigenvalue weighted by Gasteiger charge is -2.27. The third-order valence-electron chi connectivity index (χ3n) is 4.55. The van der Waals surface area contributed by atoms with Gasteiger partial charge in [-0.1, -0.05) is 18.2 Å². The van der Waals surface area contributed by atoms with E-state index in [-0.39, 0.29) is 12.0 Å². The fourth-order valence-corrected chi connectivity index (χ4v) is 3.04. The summed E-state index contributed by atoms with van der Waals surface area (Å²) in [7, 11) is 0. The number of amides is 2. The average Bonchev–Trinajstić information content (AvgIpc) is 2.75. The average molecular weight is 442 g/mol. The molecule has 0 radical (unpaired) electrons. The number of ether oxygens (including phenoxy) is 2. The smallest absolute Gasteiger partial charge is 0.410 e. The Labute approximate surface area is 191 Å². The molecule has 0 aliphatic heterocycles. The summed E-state index contributed by atoms with van der Waals surface area (Å²) in [6.07, 6.45) is 4.78. The van der Waals surface area contributed by atoms with Crippen molar-refractivity contribution in [3.05, 3.63) is 59.9 Å². The van der Waals surface area contributed by atoms with Gasteiger partial charge in [-0.3, -0.25) is 9.78 Å². The highest BCUT2D eigenvalue weighted by Crippen LogP contribution is 2.14. The van der Waals surface area contributed by atoms with Crippen LogP contribution < -0.4 is 10.1 Å². The van der Waals surface area contributed by atoms with Gasteiger partial charge in [-0.2, -0.15) is 0 Å². The molecule has 0 aliphatic carbocycles. The molecule has 0 bridgehead atoms. The molecule has 1 aromatic heterocycles. The van der Waals surface area contributed by atoms with Gasteiger partial charge in [-0.15, -0.1) is 0 Å². The molecule has 1 aromatic carbocycles. The first kappa shape index (κ1) is 25.2. The van der Waals surface area contributed by atoms with Crippen LogP contribution in [0, 0.1) is 0 Å². The number of aryl methyl sites for hydroxylation is 1. The van der Waals surface area contributed by atoms with Crippen molar-refractivity contribution in [3.8, 4) is 5.75 Å². The summed E-state index contributed by atoms with van der Waals surface area (Å²) in [6.45, 7) is 9.50. The van der Waals surface area contributed by atoms with E-state index in [1.807, 2.05) is 64.1 Å². The lowest BCUT2D eigenvalue weighted by molar-refractivity contribution is -0.121. The van der Waals surface area contributed by atoms with Gasteiger partial charge in [-0.05, 0) is 69.9 Å². The number of carbonyl (C=O) groups is 2. The second kappa shape index (κ2) is 12.7. The fraction of sp³-hybridized carbons (Fsp3) is 0.480. The van der Waals surface area contributed by atoms with Gasteiger partial charge in [0.05, 0.1) is 13.2 Å². The zero-order valence-corrected chi connectivity index (χ0v) is 19.6. The highest BCUT2D eigenvalue weighted by molar-refractivity contribution is 5.76. The lowest BCUT2D eigenvalue weighted by Crippen LogP contribution is -2.38. The molecule has 0 unspecified atom stereocenters. The minimum Gasteiger partial charge on any atom is -0.494 e. The van der Waals surface area contributed by atoms with Crippen LogP contribution in [-0.4, -0.2) is 47.2 Å². The van der Waals surface area contributed by atoms with Gasteiger partial charge in [0.15, 0.2) is 0 Å². The number of rotatable bonds is 11. The van der Waals surface area contributed by atoms with E-state index in [0.29, 0.717) is 45.5 Å². The second-order valence-corrected chi connectivity index (χ2v) is 8.54. The Hall–Kier alpha value is -3.09. The van der Waals surface area contributed by atoms with Crippen molar-refractivity contribution in [1.82, 2.24) is 15.2 Å². The fourth-order valence-electron chi connectivity index (χ4n) is 3.04. The normalized spacial score (nSPS) is 11.0. The molecule has 7 heteroatoms. The lowest BCUT2D eigenvalue weighted by atomic mass is 10.1. The predicted molar refractivity (Wildman–Crippen MR) is 124 cm³/mol. The Morgan fingerprint density at radius 2 is 1.84 bits per heavy atom. The summed E-state index contributed by atoms with van der Waals surface area (Å²) in [5.74, 6) is 0.830. The van der Waals surface area contributed by atoms with Crippen molar-refractivity contribution in [2.24, 2.45) is 0 Å². The quantitative estimate of drug-likeness (QED) is 0.524. The number of hydrogen-bond donors (Lipinski definition) is 1. The number of pyridine rings is 1. The van der Waals surface area contributed by atoms with Crippen LogP contribution in [0.25, 0.3) is 0 Å². The van der Waals surface area contributed by atoms with Crippen LogP contribution in [0.3, 0.4) is 0 Å². The molecule has 2 aromatic rings. The minimum atomic E-state index is -0.570. The van der Waals surface area contributed by atoms with E-state index < -0.39 is 5.60 Å². The Morgan fingerprint density at radius 3 is 2.47 bits per heavy atom. The Balaban J connectivity index is 1.77. The molecule has 2 rings (SSSR count). The molecule has 0 saturated carbocycles. The number of aromatic nitrogens is 1. The van der Waals surface area contributed by atoms with Crippen molar-refractivity contribution in [3.63, 3.8) is 0 Å². The molecule has 1 heterocycles. The topological polar surface area (TPSA) is 80.8 Å². The Bertz CT molecular complexity index is 833. The molecule has 0 fully saturated rings. The summed E-state index contributed by atoms with van der Waals surface area (Å²) < 4.78 is 11.0. The summed E-state index contributed by atoms with van der Waals surface area (Å²) in [5.41, 5.74) is 1.45. The highest BCUT2D eigenvalue weighted by atomic mass is 16.6. The first-order valence-electron chi connectivity index (χ1n) is 11.1. The van der Waals surface area contributed by atoms with Gasteiger partial charge in [0.1, 0.15) is 11.4 Å². The van der Waals surface area contributed by atoms with Crippen molar-refractivity contribution in [2.75, 3.05) is 19.7 Å². The van der Waals surface area contributed by atoms with Crippen LogP contribution in [0.1, 0.15) is 51.7 Å². The molecule has 32 heavy (non-hydrogen) atoms. The molecule has 2 amide bonds.